The van der Waals surface area contributed by atoms with Gasteiger partial charge in [0.25, 0.3) is 5.56 Å². The van der Waals surface area contributed by atoms with E-state index in [0.717, 1.165) is 5.56 Å². The number of hydrogen-bond acceptors (Lipinski definition) is 5. The van der Waals surface area contributed by atoms with E-state index in [9.17, 15) is 22.4 Å². The van der Waals surface area contributed by atoms with Crippen LogP contribution in [0.2, 0.25) is 0 Å². The van der Waals surface area contributed by atoms with Gasteiger partial charge in [-0.3, -0.25) is 14.3 Å². The quantitative estimate of drug-likeness (QED) is 0.521. The summed E-state index contributed by atoms with van der Waals surface area (Å²) in [6, 6.07) is 9.20. The Hall–Kier alpha value is -2.98. The van der Waals surface area contributed by atoms with Crippen molar-refractivity contribution in [3.8, 4) is 0 Å². The van der Waals surface area contributed by atoms with Crippen LogP contribution >= 0.6 is 0 Å². The first kappa shape index (κ1) is 22.2. The van der Waals surface area contributed by atoms with Crippen LogP contribution in [0.5, 0.6) is 0 Å². The zero-order valence-corrected chi connectivity index (χ0v) is 18.8. The van der Waals surface area contributed by atoms with Crippen molar-refractivity contribution in [2.24, 2.45) is 13.0 Å². The molecule has 8 nitrogen and oxygen atoms in total. The molecular formula is C22H25FN4O4S. The Morgan fingerprint density at radius 1 is 1.22 bits per heavy atom. The van der Waals surface area contributed by atoms with Crippen LogP contribution in [-0.2, 0) is 23.5 Å². The number of fused-ring (bicyclic) bond motifs is 1. The maximum absolute atomic E-state index is 13.4. The second-order valence-corrected chi connectivity index (χ2v) is 10.4. The SMILES string of the molecule is CNc1cc2c(cc1S(=O)(=O)NC1(C)CC(Cc3cccc(F)c3)C1)c(=O)[nH]c(=O)n2C. The maximum atomic E-state index is 13.4. The number of halogens is 1. The monoisotopic (exact) mass is 460 g/mol. The van der Waals surface area contributed by atoms with Crippen LogP contribution in [0.15, 0.2) is 50.9 Å². The van der Waals surface area contributed by atoms with Gasteiger partial charge in [0.1, 0.15) is 10.7 Å². The van der Waals surface area contributed by atoms with Crippen LogP contribution in [0.4, 0.5) is 10.1 Å². The Bertz CT molecular complexity index is 1420. The molecule has 1 aromatic heterocycles. The smallest absolute Gasteiger partial charge is 0.328 e. The van der Waals surface area contributed by atoms with Crippen LogP contribution in [0, 0.1) is 11.7 Å². The first-order valence-corrected chi connectivity index (χ1v) is 11.7. The van der Waals surface area contributed by atoms with Gasteiger partial charge in [-0.2, -0.15) is 0 Å². The number of anilines is 1. The Labute approximate surface area is 184 Å². The van der Waals surface area contributed by atoms with Gasteiger partial charge in [-0.1, -0.05) is 12.1 Å². The van der Waals surface area contributed by atoms with Crippen molar-refractivity contribution in [3.05, 3.63) is 68.6 Å². The van der Waals surface area contributed by atoms with E-state index in [1.807, 2.05) is 13.0 Å². The van der Waals surface area contributed by atoms with E-state index in [1.54, 1.807) is 13.1 Å². The normalized spacial score (nSPS) is 20.8. The number of H-pyrrole nitrogens is 1. The van der Waals surface area contributed by atoms with Gasteiger partial charge in [-0.15, -0.1) is 0 Å². The third kappa shape index (κ3) is 4.07. The lowest BCUT2D eigenvalue weighted by molar-refractivity contribution is 0.147. The highest BCUT2D eigenvalue weighted by atomic mass is 32.2. The first-order chi connectivity index (χ1) is 15.0. The summed E-state index contributed by atoms with van der Waals surface area (Å²) in [7, 11) is -0.893. The molecule has 32 heavy (non-hydrogen) atoms. The minimum atomic E-state index is -3.97. The highest BCUT2D eigenvalue weighted by Crippen LogP contribution is 2.41. The summed E-state index contributed by atoms with van der Waals surface area (Å²) >= 11 is 0. The molecule has 0 saturated heterocycles. The predicted octanol–water partition coefficient (Wildman–Crippen LogP) is 2.10. The van der Waals surface area contributed by atoms with Gasteiger partial charge >= 0.3 is 5.69 Å². The Morgan fingerprint density at radius 3 is 2.59 bits per heavy atom. The zero-order chi connectivity index (χ0) is 23.3. The molecule has 0 radical (unpaired) electrons. The topological polar surface area (TPSA) is 113 Å². The average Bonchev–Trinajstić information content (AvgIpc) is 2.69. The fourth-order valence-corrected chi connectivity index (χ4v) is 6.27. The van der Waals surface area contributed by atoms with Crippen molar-refractivity contribution in [1.82, 2.24) is 14.3 Å². The fourth-order valence-electron chi connectivity index (χ4n) is 4.62. The van der Waals surface area contributed by atoms with Crippen molar-refractivity contribution in [3.63, 3.8) is 0 Å². The molecule has 0 spiro atoms. The largest absolute Gasteiger partial charge is 0.387 e. The molecule has 1 saturated carbocycles. The van der Waals surface area contributed by atoms with Crippen molar-refractivity contribution in [1.29, 1.82) is 0 Å². The Balaban J connectivity index is 1.60. The molecule has 1 heterocycles. The molecule has 2 aromatic carbocycles. The molecule has 3 N–H and O–H groups in total. The molecule has 10 heteroatoms. The molecule has 1 aliphatic rings. The summed E-state index contributed by atoms with van der Waals surface area (Å²) in [6.45, 7) is 1.84. The van der Waals surface area contributed by atoms with Gasteiger partial charge in [-0.25, -0.2) is 22.3 Å². The number of benzene rings is 2. The minimum absolute atomic E-state index is 0.0635. The number of rotatable bonds is 6. The zero-order valence-electron chi connectivity index (χ0n) is 18.0. The van der Waals surface area contributed by atoms with Gasteiger partial charge in [0.05, 0.1) is 16.6 Å². The number of aryl methyl sites for hydroxylation is 1. The molecule has 170 valence electrons. The average molecular weight is 461 g/mol. The maximum Gasteiger partial charge on any atom is 0.328 e. The van der Waals surface area contributed by atoms with Crippen LogP contribution in [0.1, 0.15) is 25.3 Å². The molecule has 1 aliphatic carbocycles. The molecular weight excluding hydrogens is 435 g/mol. The van der Waals surface area contributed by atoms with Gasteiger partial charge in [0.2, 0.25) is 10.0 Å². The molecule has 0 amide bonds. The molecule has 0 atom stereocenters. The molecule has 0 unspecified atom stereocenters. The van der Waals surface area contributed by atoms with E-state index in [1.165, 1.54) is 35.9 Å². The Morgan fingerprint density at radius 2 is 1.94 bits per heavy atom. The molecule has 3 aromatic rings. The lowest BCUT2D eigenvalue weighted by Gasteiger charge is -2.45. The van der Waals surface area contributed by atoms with E-state index >= 15 is 0 Å². The van der Waals surface area contributed by atoms with Gasteiger partial charge in [0, 0.05) is 19.6 Å². The van der Waals surface area contributed by atoms with E-state index < -0.39 is 26.8 Å². The number of nitrogens with zero attached hydrogens (tertiary/aromatic N) is 1. The highest BCUT2D eigenvalue weighted by Gasteiger charge is 2.43. The number of aromatic amines is 1. The third-order valence-electron chi connectivity index (χ3n) is 6.06. The van der Waals surface area contributed by atoms with E-state index in [2.05, 4.69) is 15.0 Å². The van der Waals surface area contributed by atoms with E-state index in [0.29, 0.717) is 24.8 Å². The van der Waals surface area contributed by atoms with Crippen LogP contribution in [-0.4, -0.2) is 30.6 Å². The summed E-state index contributed by atoms with van der Waals surface area (Å²) in [5.74, 6) is -0.0454. The minimum Gasteiger partial charge on any atom is -0.387 e. The molecule has 0 bridgehead atoms. The van der Waals surface area contributed by atoms with Crippen LogP contribution in [0.25, 0.3) is 10.9 Å². The van der Waals surface area contributed by atoms with Gasteiger partial charge in [-0.05, 0) is 61.9 Å². The molecule has 4 rings (SSSR count). The lowest BCUT2D eigenvalue weighted by atomic mass is 9.68. The Kier molecular flexibility index (Phi) is 5.46. The molecule has 0 aliphatic heterocycles. The summed E-state index contributed by atoms with van der Waals surface area (Å²) in [6.07, 6.45) is 1.90. The second kappa shape index (κ2) is 7.86. The summed E-state index contributed by atoms with van der Waals surface area (Å²) < 4.78 is 44.0. The number of sulfonamides is 1. The number of hydrogen-bond donors (Lipinski definition) is 3. The fraction of sp³-hybridized carbons (Fsp3) is 0.364. The van der Waals surface area contributed by atoms with Crippen molar-refractivity contribution in [2.45, 2.75) is 36.6 Å². The predicted molar refractivity (Wildman–Crippen MR) is 121 cm³/mol. The first-order valence-electron chi connectivity index (χ1n) is 10.2. The second-order valence-electron chi connectivity index (χ2n) is 8.71. The van der Waals surface area contributed by atoms with Crippen molar-refractivity contribution < 1.29 is 12.8 Å². The summed E-state index contributed by atoms with van der Waals surface area (Å²) in [4.78, 5) is 26.3. The van der Waals surface area contributed by atoms with Crippen molar-refractivity contribution >= 4 is 26.6 Å². The number of nitrogens with one attached hydrogen (secondary N) is 3. The van der Waals surface area contributed by atoms with E-state index in [4.69, 9.17) is 0 Å². The van der Waals surface area contributed by atoms with Crippen molar-refractivity contribution in [2.75, 3.05) is 12.4 Å². The highest BCUT2D eigenvalue weighted by molar-refractivity contribution is 7.89. The van der Waals surface area contributed by atoms with Gasteiger partial charge < -0.3 is 5.32 Å². The third-order valence-corrected chi connectivity index (χ3v) is 7.74. The van der Waals surface area contributed by atoms with Gasteiger partial charge in [0.15, 0.2) is 0 Å². The van der Waals surface area contributed by atoms with Crippen LogP contribution < -0.4 is 21.3 Å². The number of aromatic nitrogens is 2. The summed E-state index contributed by atoms with van der Waals surface area (Å²) in [5.41, 5.74) is -0.377. The lowest BCUT2D eigenvalue weighted by Crippen LogP contribution is -2.55. The molecule has 1 fully saturated rings. The standard InChI is InChI=1S/C22H25FN4O4S/c1-22(11-14(12-22)7-13-5-4-6-15(23)8-13)26-32(30,31)19-9-16-18(10-17(19)24-2)27(3)21(29)25-20(16)28/h4-6,8-10,14,24,26H,7,11-12H2,1-3H3,(H,25,28,29). The van der Waals surface area contributed by atoms with E-state index in [-0.39, 0.29) is 27.7 Å². The summed E-state index contributed by atoms with van der Waals surface area (Å²) in [5, 5.41) is 2.95. The van der Waals surface area contributed by atoms with Crippen LogP contribution in [0.3, 0.4) is 0 Å².